The van der Waals surface area contributed by atoms with Crippen LogP contribution in [-0.2, 0) is 11.3 Å². The average molecular weight is 418 g/mol. The molecule has 4 rings (SSSR count). The van der Waals surface area contributed by atoms with Crippen LogP contribution in [0.5, 0.6) is 5.75 Å². The van der Waals surface area contributed by atoms with E-state index in [2.05, 4.69) is 0 Å². The molecule has 0 aliphatic carbocycles. The first-order valence-electron chi connectivity index (χ1n) is 10.2. The van der Waals surface area contributed by atoms with E-state index in [0.29, 0.717) is 43.6 Å². The van der Waals surface area contributed by atoms with Gasteiger partial charge in [0, 0.05) is 25.6 Å². The van der Waals surface area contributed by atoms with E-state index >= 15 is 0 Å². The highest BCUT2D eigenvalue weighted by Crippen LogP contribution is 2.34. The van der Waals surface area contributed by atoms with Crippen LogP contribution in [0.15, 0.2) is 36.4 Å². The minimum Gasteiger partial charge on any atom is -0.505 e. The quantitative estimate of drug-likeness (QED) is 0.819. The summed E-state index contributed by atoms with van der Waals surface area (Å²) in [6, 6.07) is 8.58. The number of alkyl halides is 1. The molecular formula is C23H25F3N2O2. The Kier molecular flexibility index (Phi) is 5.73. The summed E-state index contributed by atoms with van der Waals surface area (Å²) in [4.78, 5) is 16.5. The minimum absolute atomic E-state index is 0.0580. The van der Waals surface area contributed by atoms with Crippen LogP contribution in [0.3, 0.4) is 0 Å². The maximum Gasteiger partial charge on any atom is 0.240 e. The fourth-order valence-corrected chi connectivity index (χ4v) is 4.51. The third kappa shape index (κ3) is 4.03. The van der Waals surface area contributed by atoms with Gasteiger partial charge in [-0.15, -0.1) is 0 Å². The lowest BCUT2D eigenvalue weighted by atomic mass is 9.87. The van der Waals surface area contributed by atoms with Crippen LogP contribution in [-0.4, -0.2) is 52.7 Å². The van der Waals surface area contributed by atoms with Crippen LogP contribution < -0.4 is 0 Å². The van der Waals surface area contributed by atoms with E-state index < -0.39 is 23.7 Å². The SMILES string of the molecule is Cc1ccc(CN2CCC(N3CC[C@H](c4ccc(O)c(F)c4)C(F)C3)C2=O)cc1F. The zero-order chi connectivity index (χ0) is 21.4. The van der Waals surface area contributed by atoms with Crippen LogP contribution in [0, 0.1) is 18.6 Å². The largest absolute Gasteiger partial charge is 0.505 e. The van der Waals surface area contributed by atoms with Crippen molar-refractivity contribution in [2.24, 2.45) is 0 Å². The molecule has 4 nitrogen and oxygen atoms in total. The van der Waals surface area contributed by atoms with Gasteiger partial charge in [0.2, 0.25) is 5.91 Å². The molecule has 2 aromatic carbocycles. The molecule has 30 heavy (non-hydrogen) atoms. The summed E-state index contributed by atoms with van der Waals surface area (Å²) in [6.45, 7) is 3.24. The molecule has 7 heteroatoms. The van der Waals surface area contributed by atoms with E-state index in [9.17, 15) is 23.1 Å². The molecule has 0 spiro atoms. The molecule has 160 valence electrons. The average Bonchev–Trinajstić information content (AvgIpc) is 3.07. The highest BCUT2D eigenvalue weighted by molar-refractivity contribution is 5.84. The number of halogens is 3. The number of phenolic OH excluding ortho intramolecular Hbond substituents is 1. The summed E-state index contributed by atoms with van der Waals surface area (Å²) in [5.74, 6) is -2.01. The molecule has 1 amide bonds. The Balaban J connectivity index is 1.39. The number of hydrogen-bond donors (Lipinski definition) is 1. The topological polar surface area (TPSA) is 43.8 Å². The summed E-state index contributed by atoms with van der Waals surface area (Å²) >= 11 is 0. The lowest BCUT2D eigenvalue weighted by Crippen LogP contribution is -2.49. The van der Waals surface area contributed by atoms with Crippen molar-refractivity contribution in [3.8, 4) is 5.75 Å². The number of benzene rings is 2. The van der Waals surface area contributed by atoms with Gasteiger partial charge in [-0.1, -0.05) is 18.2 Å². The molecule has 2 aliphatic rings. The fraction of sp³-hybridized carbons (Fsp3) is 0.435. The van der Waals surface area contributed by atoms with E-state index in [-0.39, 0.29) is 24.3 Å². The Hall–Kier alpha value is -2.54. The van der Waals surface area contributed by atoms with E-state index in [0.717, 1.165) is 5.56 Å². The Morgan fingerprint density at radius 1 is 1.07 bits per heavy atom. The molecule has 2 saturated heterocycles. The van der Waals surface area contributed by atoms with Crippen LogP contribution in [0.25, 0.3) is 0 Å². The van der Waals surface area contributed by atoms with Gasteiger partial charge in [-0.25, -0.2) is 13.2 Å². The number of carbonyl (C=O) groups excluding carboxylic acids is 1. The first kappa shape index (κ1) is 20.7. The van der Waals surface area contributed by atoms with Crippen molar-refractivity contribution in [1.29, 1.82) is 0 Å². The third-order valence-electron chi connectivity index (χ3n) is 6.29. The van der Waals surface area contributed by atoms with Gasteiger partial charge in [0.25, 0.3) is 0 Å². The lowest BCUT2D eigenvalue weighted by Gasteiger charge is -2.37. The van der Waals surface area contributed by atoms with E-state index in [1.54, 1.807) is 24.0 Å². The first-order valence-corrected chi connectivity index (χ1v) is 10.2. The molecule has 0 bridgehead atoms. The second kappa shape index (κ2) is 8.30. The second-order valence-corrected chi connectivity index (χ2v) is 8.26. The zero-order valence-corrected chi connectivity index (χ0v) is 16.8. The third-order valence-corrected chi connectivity index (χ3v) is 6.29. The summed E-state index contributed by atoms with van der Waals surface area (Å²) in [7, 11) is 0. The molecule has 2 unspecified atom stereocenters. The lowest BCUT2D eigenvalue weighted by molar-refractivity contribution is -0.133. The Morgan fingerprint density at radius 2 is 1.87 bits per heavy atom. The number of amides is 1. The Morgan fingerprint density at radius 3 is 2.57 bits per heavy atom. The van der Waals surface area contributed by atoms with Crippen LogP contribution in [0.1, 0.15) is 35.4 Å². The normalized spacial score (nSPS) is 25.1. The van der Waals surface area contributed by atoms with Gasteiger partial charge in [-0.2, -0.15) is 0 Å². The van der Waals surface area contributed by atoms with Gasteiger partial charge in [-0.3, -0.25) is 9.69 Å². The molecule has 1 N–H and O–H groups in total. The molecule has 2 aliphatic heterocycles. The summed E-state index contributed by atoms with van der Waals surface area (Å²) in [6.07, 6.45) is -0.146. The van der Waals surface area contributed by atoms with Gasteiger partial charge in [0.05, 0.1) is 6.04 Å². The smallest absolute Gasteiger partial charge is 0.240 e. The van der Waals surface area contributed by atoms with Gasteiger partial charge in [0.1, 0.15) is 12.0 Å². The van der Waals surface area contributed by atoms with E-state index in [1.807, 2.05) is 11.0 Å². The zero-order valence-electron chi connectivity index (χ0n) is 16.8. The number of likely N-dealkylation sites (tertiary alicyclic amines) is 2. The van der Waals surface area contributed by atoms with Crippen LogP contribution >= 0.6 is 0 Å². The number of piperidine rings is 1. The highest BCUT2D eigenvalue weighted by atomic mass is 19.1. The van der Waals surface area contributed by atoms with Crippen LogP contribution in [0.4, 0.5) is 13.2 Å². The van der Waals surface area contributed by atoms with E-state index in [4.69, 9.17) is 0 Å². The predicted molar refractivity (Wildman–Crippen MR) is 107 cm³/mol. The van der Waals surface area contributed by atoms with Gasteiger partial charge in [0.15, 0.2) is 11.6 Å². The Labute approximate surface area is 173 Å². The van der Waals surface area contributed by atoms with Crippen molar-refractivity contribution in [1.82, 2.24) is 9.80 Å². The van der Waals surface area contributed by atoms with Crippen molar-refractivity contribution in [2.75, 3.05) is 19.6 Å². The van der Waals surface area contributed by atoms with Gasteiger partial charge >= 0.3 is 0 Å². The fourth-order valence-electron chi connectivity index (χ4n) is 4.51. The van der Waals surface area contributed by atoms with Gasteiger partial charge in [-0.05, 0) is 61.2 Å². The maximum atomic E-state index is 14.9. The molecule has 2 aromatic rings. The standard InChI is InChI=1S/C23H25F3N2O2/c1-14-2-3-15(10-18(14)24)12-28-9-7-21(23(28)30)27-8-6-17(20(26)13-27)16-4-5-22(29)19(25)11-16/h2-5,10-11,17,20-21,29H,6-9,12-13H2,1H3/t17-,20?,21?/m1/s1. The molecule has 0 aromatic heterocycles. The van der Waals surface area contributed by atoms with Crippen LogP contribution in [0.2, 0.25) is 0 Å². The van der Waals surface area contributed by atoms with Crippen molar-refractivity contribution in [2.45, 2.75) is 44.4 Å². The van der Waals surface area contributed by atoms with Crippen molar-refractivity contribution < 1.29 is 23.1 Å². The van der Waals surface area contributed by atoms with Crippen molar-refractivity contribution in [3.05, 3.63) is 64.7 Å². The Bertz CT molecular complexity index is 952. The monoisotopic (exact) mass is 418 g/mol. The molecule has 0 saturated carbocycles. The first-order chi connectivity index (χ1) is 14.3. The molecular weight excluding hydrogens is 393 g/mol. The summed E-state index contributed by atoms with van der Waals surface area (Å²) in [5.41, 5.74) is 1.83. The van der Waals surface area contributed by atoms with Crippen molar-refractivity contribution >= 4 is 5.91 Å². The summed E-state index contributed by atoms with van der Waals surface area (Å²) < 4.78 is 42.4. The van der Waals surface area contributed by atoms with Crippen molar-refractivity contribution in [3.63, 3.8) is 0 Å². The van der Waals surface area contributed by atoms with Gasteiger partial charge < -0.3 is 10.0 Å². The highest BCUT2D eigenvalue weighted by Gasteiger charge is 2.40. The summed E-state index contributed by atoms with van der Waals surface area (Å²) in [5, 5.41) is 9.34. The van der Waals surface area contributed by atoms with E-state index in [1.165, 1.54) is 18.2 Å². The number of hydrogen-bond acceptors (Lipinski definition) is 3. The molecule has 3 atom stereocenters. The minimum atomic E-state index is -1.23. The number of nitrogens with zero attached hydrogens (tertiary/aromatic N) is 2. The molecule has 2 heterocycles. The number of aryl methyl sites for hydroxylation is 1. The molecule has 0 radical (unpaired) electrons. The number of aromatic hydroxyl groups is 1. The second-order valence-electron chi connectivity index (χ2n) is 8.26. The predicted octanol–water partition coefficient (Wildman–Crippen LogP) is 3.91. The number of rotatable bonds is 4. The molecule has 2 fully saturated rings. The maximum absolute atomic E-state index is 14.9. The number of phenols is 1. The number of carbonyl (C=O) groups is 1.